The summed E-state index contributed by atoms with van der Waals surface area (Å²) in [7, 11) is 0. The molecule has 0 radical (unpaired) electrons. The fourth-order valence-corrected chi connectivity index (χ4v) is 4.98. The molecule has 0 fully saturated rings. The minimum absolute atomic E-state index is 0.916. The summed E-state index contributed by atoms with van der Waals surface area (Å²) >= 11 is 0. The molecule has 0 amide bonds. The Kier molecular flexibility index (Phi) is 3.73. The SMILES string of the molecule is Cc1cccc(-n2c3ccccc3c3cc4c5ncccc5n(-c5ccccc5)c4nc32)c1. The maximum absolute atomic E-state index is 5.32. The normalized spacial score (nSPS) is 11.8. The van der Waals surface area contributed by atoms with Crippen LogP contribution in [0.25, 0.3) is 55.4 Å². The molecule has 0 unspecified atom stereocenters. The zero-order chi connectivity index (χ0) is 21.9. The van der Waals surface area contributed by atoms with Crippen molar-refractivity contribution in [3.63, 3.8) is 0 Å². The van der Waals surface area contributed by atoms with Gasteiger partial charge >= 0.3 is 0 Å². The van der Waals surface area contributed by atoms with Crippen molar-refractivity contribution in [1.29, 1.82) is 0 Å². The van der Waals surface area contributed by atoms with E-state index in [0.29, 0.717) is 0 Å². The topological polar surface area (TPSA) is 35.6 Å². The summed E-state index contributed by atoms with van der Waals surface area (Å²) in [5, 5.41) is 3.39. The standard InChI is InChI=1S/C29H20N4/c1-19-9-7-12-21(17-19)33-25-14-6-5-13-22(25)23-18-24-27-26(15-8-16-30-27)32(29(24)31-28(23)33)20-10-3-2-4-11-20/h2-18H,1H3. The van der Waals surface area contributed by atoms with E-state index in [2.05, 4.69) is 101 Å². The van der Waals surface area contributed by atoms with E-state index >= 15 is 0 Å². The first kappa shape index (κ1) is 18.2. The van der Waals surface area contributed by atoms with Crippen LogP contribution >= 0.6 is 0 Å². The Balaban J connectivity index is 1.70. The van der Waals surface area contributed by atoms with Crippen molar-refractivity contribution < 1.29 is 0 Å². The number of benzene rings is 3. The van der Waals surface area contributed by atoms with Crippen LogP contribution in [0.4, 0.5) is 0 Å². The van der Waals surface area contributed by atoms with Gasteiger partial charge in [0.15, 0.2) is 0 Å². The van der Waals surface area contributed by atoms with Gasteiger partial charge in [0.2, 0.25) is 0 Å². The lowest BCUT2D eigenvalue weighted by molar-refractivity contribution is 1.10. The van der Waals surface area contributed by atoms with E-state index in [1.807, 2.05) is 18.3 Å². The third-order valence-electron chi connectivity index (χ3n) is 6.40. The number of pyridine rings is 2. The number of nitrogens with zero attached hydrogens (tertiary/aromatic N) is 4. The van der Waals surface area contributed by atoms with Gasteiger partial charge in [0.05, 0.1) is 16.6 Å². The molecule has 0 bridgehead atoms. The molecule has 4 heterocycles. The van der Waals surface area contributed by atoms with E-state index in [9.17, 15) is 0 Å². The Labute approximate surface area is 190 Å². The predicted octanol–water partition coefficient (Wildman–Crippen LogP) is 6.98. The molecule has 7 rings (SSSR count). The number of rotatable bonds is 2. The number of aryl methyl sites for hydroxylation is 1. The highest BCUT2D eigenvalue weighted by atomic mass is 15.1. The lowest BCUT2D eigenvalue weighted by atomic mass is 10.1. The van der Waals surface area contributed by atoms with E-state index in [-0.39, 0.29) is 0 Å². The number of aromatic nitrogens is 4. The van der Waals surface area contributed by atoms with Crippen LogP contribution in [0, 0.1) is 6.92 Å². The second kappa shape index (κ2) is 6.78. The van der Waals surface area contributed by atoms with Gasteiger partial charge in [-0.3, -0.25) is 14.1 Å². The quantitative estimate of drug-likeness (QED) is 0.300. The van der Waals surface area contributed by atoms with Crippen molar-refractivity contribution in [3.8, 4) is 11.4 Å². The van der Waals surface area contributed by atoms with Gasteiger partial charge in [-0.2, -0.15) is 0 Å². The molecule has 156 valence electrons. The maximum Gasteiger partial charge on any atom is 0.149 e. The van der Waals surface area contributed by atoms with Crippen LogP contribution < -0.4 is 0 Å². The second-order valence-electron chi connectivity index (χ2n) is 8.46. The van der Waals surface area contributed by atoms with Gasteiger partial charge in [0.1, 0.15) is 11.3 Å². The van der Waals surface area contributed by atoms with Gasteiger partial charge in [0.25, 0.3) is 0 Å². The molecule has 0 aliphatic carbocycles. The van der Waals surface area contributed by atoms with Crippen molar-refractivity contribution in [1.82, 2.24) is 19.1 Å². The van der Waals surface area contributed by atoms with Gasteiger partial charge in [-0.25, -0.2) is 4.98 Å². The first-order valence-corrected chi connectivity index (χ1v) is 11.1. The Morgan fingerprint density at radius 2 is 1.30 bits per heavy atom. The lowest BCUT2D eigenvalue weighted by Gasteiger charge is -2.09. The minimum Gasteiger partial charge on any atom is -0.294 e. The molecule has 4 nitrogen and oxygen atoms in total. The van der Waals surface area contributed by atoms with Crippen molar-refractivity contribution >= 4 is 44.0 Å². The molecule has 0 saturated carbocycles. The Hall–Kier alpha value is -4.44. The first-order chi connectivity index (χ1) is 16.3. The molecule has 33 heavy (non-hydrogen) atoms. The van der Waals surface area contributed by atoms with Crippen molar-refractivity contribution in [2.24, 2.45) is 0 Å². The highest BCUT2D eigenvalue weighted by molar-refractivity contribution is 6.15. The molecule has 7 aromatic rings. The third-order valence-corrected chi connectivity index (χ3v) is 6.40. The fourth-order valence-electron chi connectivity index (χ4n) is 4.98. The molecule has 0 spiro atoms. The molecular weight excluding hydrogens is 404 g/mol. The molecule has 0 aliphatic rings. The smallest absolute Gasteiger partial charge is 0.149 e. The monoisotopic (exact) mass is 424 g/mol. The van der Waals surface area contributed by atoms with Crippen LogP contribution in [0.3, 0.4) is 0 Å². The van der Waals surface area contributed by atoms with E-state index in [4.69, 9.17) is 9.97 Å². The molecular formula is C29H20N4. The van der Waals surface area contributed by atoms with Crippen molar-refractivity contribution in [3.05, 3.63) is 109 Å². The predicted molar refractivity (Wildman–Crippen MR) is 135 cm³/mol. The fraction of sp³-hybridized carbons (Fsp3) is 0.0345. The van der Waals surface area contributed by atoms with Crippen molar-refractivity contribution in [2.45, 2.75) is 6.92 Å². The van der Waals surface area contributed by atoms with Crippen LogP contribution in [-0.4, -0.2) is 19.1 Å². The van der Waals surface area contributed by atoms with Gasteiger partial charge in [-0.05, 0) is 61.0 Å². The van der Waals surface area contributed by atoms with Gasteiger partial charge < -0.3 is 0 Å². The zero-order valence-corrected chi connectivity index (χ0v) is 18.1. The summed E-state index contributed by atoms with van der Waals surface area (Å²) in [6.45, 7) is 2.13. The molecule has 4 aromatic heterocycles. The molecule has 0 saturated heterocycles. The van der Waals surface area contributed by atoms with Crippen LogP contribution in [-0.2, 0) is 0 Å². The van der Waals surface area contributed by atoms with Crippen LogP contribution in [0.5, 0.6) is 0 Å². The van der Waals surface area contributed by atoms with Crippen LogP contribution in [0.2, 0.25) is 0 Å². The highest BCUT2D eigenvalue weighted by Gasteiger charge is 2.19. The number of para-hydroxylation sites is 2. The summed E-state index contributed by atoms with van der Waals surface area (Å²) in [5.74, 6) is 0. The van der Waals surface area contributed by atoms with Crippen LogP contribution in [0.15, 0.2) is 103 Å². The lowest BCUT2D eigenvalue weighted by Crippen LogP contribution is -1.98. The average molecular weight is 425 g/mol. The Bertz CT molecular complexity index is 1820. The largest absolute Gasteiger partial charge is 0.294 e. The van der Waals surface area contributed by atoms with Gasteiger partial charge in [0, 0.05) is 33.7 Å². The van der Waals surface area contributed by atoms with Gasteiger partial charge in [-0.15, -0.1) is 0 Å². The number of hydrogen-bond acceptors (Lipinski definition) is 2. The highest BCUT2D eigenvalue weighted by Crippen LogP contribution is 2.37. The molecule has 0 N–H and O–H groups in total. The van der Waals surface area contributed by atoms with E-state index in [1.54, 1.807) is 0 Å². The summed E-state index contributed by atoms with van der Waals surface area (Å²) < 4.78 is 4.49. The van der Waals surface area contributed by atoms with Crippen molar-refractivity contribution in [2.75, 3.05) is 0 Å². The number of hydrogen-bond donors (Lipinski definition) is 0. The molecule has 0 atom stereocenters. The number of fused-ring (bicyclic) bond motifs is 6. The maximum atomic E-state index is 5.32. The summed E-state index contributed by atoms with van der Waals surface area (Å²) in [6.07, 6.45) is 1.86. The first-order valence-electron chi connectivity index (χ1n) is 11.1. The summed E-state index contributed by atoms with van der Waals surface area (Å²) in [4.78, 5) is 10.1. The molecule has 3 aromatic carbocycles. The van der Waals surface area contributed by atoms with E-state index in [0.717, 1.165) is 50.0 Å². The average Bonchev–Trinajstić information content (AvgIpc) is 3.35. The Morgan fingerprint density at radius 1 is 0.576 bits per heavy atom. The molecule has 0 aliphatic heterocycles. The van der Waals surface area contributed by atoms with E-state index in [1.165, 1.54) is 10.9 Å². The zero-order valence-electron chi connectivity index (χ0n) is 18.1. The second-order valence-corrected chi connectivity index (χ2v) is 8.46. The summed E-state index contributed by atoms with van der Waals surface area (Å²) in [6, 6.07) is 33.9. The summed E-state index contributed by atoms with van der Waals surface area (Å²) in [5.41, 5.74) is 8.48. The Morgan fingerprint density at radius 3 is 2.18 bits per heavy atom. The van der Waals surface area contributed by atoms with E-state index < -0.39 is 0 Å². The minimum atomic E-state index is 0.916. The molecule has 4 heteroatoms. The third kappa shape index (κ3) is 2.58. The van der Waals surface area contributed by atoms with Gasteiger partial charge in [-0.1, -0.05) is 48.5 Å². The van der Waals surface area contributed by atoms with Crippen LogP contribution in [0.1, 0.15) is 5.56 Å².